The van der Waals surface area contributed by atoms with Gasteiger partial charge in [0, 0.05) is 12.1 Å². The molecule has 0 N–H and O–H groups in total. The standard InChI is InChI=1S/C8H11N/c1-2-7-4-6-5-8(6)9(7)3-1/h4,7-8H,1-3,5H2/t7?,8-/m0/s1. The van der Waals surface area contributed by atoms with Crippen molar-refractivity contribution in [2.75, 3.05) is 6.54 Å². The van der Waals surface area contributed by atoms with E-state index in [2.05, 4.69) is 11.0 Å². The van der Waals surface area contributed by atoms with Crippen LogP contribution in [0, 0.1) is 0 Å². The Kier molecular flexibility index (Phi) is 0.620. The molecule has 3 aliphatic rings. The molecule has 0 bridgehead atoms. The van der Waals surface area contributed by atoms with E-state index in [0.29, 0.717) is 0 Å². The Morgan fingerprint density at radius 3 is 3.44 bits per heavy atom. The molecule has 3 rings (SSSR count). The molecule has 1 nitrogen and oxygen atoms in total. The van der Waals surface area contributed by atoms with E-state index in [4.69, 9.17) is 0 Å². The Bertz CT molecular complexity index is 183. The minimum Gasteiger partial charge on any atom is -0.290 e. The van der Waals surface area contributed by atoms with Crippen molar-refractivity contribution in [2.24, 2.45) is 0 Å². The first-order valence-corrected chi connectivity index (χ1v) is 3.91. The van der Waals surface area contributed by atoms with Gasteiger partial charge < -0.3 is 0 Å². The van der Waals surface area contributed by atoms with Crippen LogP contribution in [-0.4, -0.2) is 23.5 Å². The summed E-state index contributed by atoms with van der Waals surface area (Å²) in [5.41, 5.74) is 1.74. The maximum atomic E-state index is 2.66. The van der Waals surface area contributed by atoms with E-state index in [1.165, 1.54) is 25.8 Å². The molecule has 1 saturated carbocycles. The fourth-order valence-corrected chi connectivity index (χ4v) is 2.30. The van der Waals surface area contributed by atoms with E-state index in [1.807, 2.05) is 0 Å². The second-order valence-electron chi connectivity index (χ2n) is 3.41. The van der Waals surface area contributed by atoms with E-state index in [-0.39, 0.29) is 0 Å². The average Bonchev–Trinajstić information content (AvgIpc) is 2.38. The summed E-state index contributed by atoms with van der Waals surface area (Å²) >= 11 is 0. The van der Waals surface area contributed by atoms with Crippen LogP contribution in [0.1, 0.15) is 19.3 Å². The molecule has 0 aromatic heterocycles. The van der Waals surface area contributed by atoms with Gasteiger partial charge in [-0.25, -0.2) is 0 Å². The minimum atomic E-state index is 0.874. The van der Waals surface area contributed by atoms with Crippen LogP contribution in [0.4, 0.5) is 0 Å². The lowest BCUT2D eigenvalue weighted by Gasteiger charge is -2.15. The molecular formula is C8H11N. The summed E-state index contributed by atoms with van der Waals surface area (Å²) in [5, 5.41) is 0. The van der Waals surface area contributed by atoms with Crippen LogP contribution in [0.3, 0.4) is 0 Å². The first-order valence-electron chi connectivity index (χ1n) is 3.91. The van der Waals surface area contributed by atoms with Gasteiger partial charge in [-0.1, -0.05) is 11.6 Å². The van der Waals surface area contributed by atoms with Crippen molar-refractivity contribution in [1.29, 1.82) is 0 Å². The summed E-state index contributed by atoms with van der Waals surface area (Å²) in [5.74, 6) is 0. The third-order valence-electron chi connectivity index (χ3n) is 2.85. The molecule has 0 amide bonds. The second-order valence-corrected chi connectivity index (χ2v) is 3.41. The average molecular weight is 121 g/mol. The van der Waals surface area contributed by atoms with Crippen LogP contribution in [0.2, 0.25) is 0 Å². The quantitative estimate of drug-likeness (QED) is 0.435. The van der Waals surface area contributed by atoms with E-state index >= 15 is 0 Å². The number of fused-ring (bicyclic) bond motifs is 3. The van der Waals surface area contributed by atoms with Gasteiger partial charge in [0.15, 0.2) is 0 Å². The molecule has 2 atom stereocenters. The highest BCUT2D eigenvalue weighted by Crippen LogP contribution is 2.45. The summed E-state index contributed by atoms with van der Waals surface area (Å²) < 4.78 is 0. The molecule has 0 radical (unpaired) electrons. The molecule has 9 heavy (non-hydrogen) atoms. The van der Waals surface area contributed by atoms with Crippen molar-refractivity contribution < 1.29 is 0 Å². The van der Waals surface area contributed by atoms with Gasteiger partial charge in [-0.3, -0.25) is 4.90 Å². The third-order valence-corrected chi connectivity index (χ3v) is 2.85. The zero-order valence-corrected chi connectivity index (χ0v) is 5.51. The third kappa shape index (κ3) is 0.445. The zero-order valence-electron chi connectivity index (χ0n) is 5.51. The number of hydrogen-bond donors (Lipinski definition) is 0. The molecule has 0 spiro atoms. The molecule has 1 aliphatic carbocycles. The topological polar surface area (TPSA) is 3.24 Å². The van der Waals surface area contributed by atoms with E-state index in [0.717, 1.165) is 12.1 Å². The first kappa shape index (κ1) is 4.51. The van der Waals surface area contributed by atoms with E-state index < -0.39 is 0 Å². The van der Waals surface area contributed by atoms with Gasteiger partial charge in [0.25, 0.3) is 0 Å². The summed E-state index contributed by atoms with van der Waals surface area (Å²) in [6.07, 6.45) is 6.76. The second kappa shape index (κ2) is 1.24. The molecule has 1 unspecified atom stereocenters. The molecule has 1 saturated heterocycles. The van der Waals surface area contributed by atoms with E-state index in [1.54, 1.807) is 5.57 Å². The van der Waals surface area contributed by atoms with Crippen molar-refractivity contribution in [1.82, 2.24) is 4.90 Å². The molecule has 0 aromatic rings. The molecule has 0 aromatic carbocycles. The lowest BCUT2D eigenvalue weighted by molar-refractivity contribution is 0.301. The molecular weight excluding hydrogens is 110 g/mol. The number of nitrogens with zero attached hydrogens (tertiary/aromatic N) is 1. The van der Waals surface area contributed by atoms with Crippen molar-refractivity contribution in [3.63, 3.8) is 0 Å². The van der Waals surface area contributed by atoms with Crippen LogP contribution >= 0.6 is 0 Å². The zero-order chi connectivity index (χ0) is 5.84. The lowest BCUT2D eigenvalue weighted by atomic mass is 10.2. The maximum absolute atomic E-state index is 2.66. The highest BCUT2D eigenvalue weighted by atomic mass is 15.2. The lowest BCUT2D eigenvalue weighted by Crippen LogP contribution is -2.26. The van der Waals surface area contributed by atoms with Gasteiger partial charge in [-0.05, 0) is 25.8 Å². The summed E-state index contributed by atoms with van der Waals surface area (Å²) in [7, 11) is 0. The minimum absolute atomic E-state index is 0.874. The SMILES string of the molecule is C1=C2C[C@@H]2N2CCCC12. The Morgan fingerprint density at radius 2 is 2.56 bits per heavy atom. The van der Waals surface area contributed by atoms with Gasteiger partial charge >= 0.3 is 0 Å². The first-order chi connectivity index (χ1) is 4.45. The number of rotatable bonds is 0. The van der Waals surface area contributed by atoms with Crippen molar-refractivity contribution in [3.8, 4) is 0 Å². The fraction of sp³-hybridized carbons (Fsp3) is 0.750. The fourth-order valence-electron chi connectivity index (χ4n) is 2.30. The van der Waals surface area contributed by atoms with Crippen LogP contribution in [0.15, 0.2) is 11.6 Å². The predicted octanol–water partition coefficient (Wildman–Crippen LogP) is 1.16. The van der Waals surface area contributed by atoms with Crippen LogP contribution < -0.4 is 0 Å². The Balaban J connectivity index is 1.99. The Labute approximate surface area is 55.3 Å². The Morgan fingerprint density at radius 1 is 1.56 bits per heavy atom. The smallest absolute Gasteiger partial charge is 0.0352 e. The largest absolute Gasteiger partial charge is 0.290 e. The molecule has 2 fully saturated rings. The van der Waals surface area contributed by atoms with E-state index in [9.17, 15) is 0 Å². The van der Waals surface area contributed by atoms with Gasteiger partial charge in [-0.2, -0.15) is 0 Å². The molecule has 48 valence electrons. The van der Waals surface area contributed by atoms with Crippen LogP contribution in [0.25, 0.3) is 0 Å². The predicted molar refractivity (Wildman–Crippen MR) is 36.2 cm³/mol. The molecule has 2 aliphatic heterocycles. The van der Waals surface area contributed by atoms with Crippen molar-refractivity contribution in [3.05, 3.63) is 11.6 Å². The van der Waals surface area contributed by atoms with Crippen molar-refractivity contribution >= 4 is 0 Å². The normalized spacial score (nSPS) is 46.4. The van der Waals surface area contributed by atoms with Gasteiger partial charge in [0.2, 0.25) is 0 Å². The monoisotopic (exact) mass is 121 g/mol. The van der Waals surface area contributed by atoms with Crippen molar-refractivity contribution in [2.45, 2.75) is 31.3 Å². The van der Waals surface area contributed by atoms with Gasteiger partial charge in [0.05, 0.1) is 0 Å². The Hall–Kier alpha value is -0.300. The van der Waals surface area contributed by atoms with Gasteiger partial charge in [0.1, 0.15) is 0 Å². The maximum Gasteiger partial charge on any atom is 0.0352 e. The summed E-state index contributed by atoms with van der Waals surface area (Å²) in [6.45, 7) is 1.37. The molecule has 1 heteroatoms. The van der Waals surface area contributed by atoms with Gasteiger partial charge in [-0.15, -0.1) is 0 Å². The highest BCUT2D eigenvalue weighted by Gasteiger charge is 2.45. The number of hydrogen-bond acceptors (Lipinski definition) is 1. The van der Waals surface area contributed by atoms with Crippen LogP contribution in [-0.2, 0) is 0 Å². The highest BCUT2D eigenvalue weighted by molar-refractivity contribution is 5.37. The molecule has 2 heterocycles. The summed E-state index contributed by atoms with van der Waals surface area (Å²) in [4.78, 5) is 2.66. The summed E-state index contributed by atoms with van der Waals surface area (Å²) in [6, 6.07) is 1.80. The van der Waals surface area contributed by atoms with Crippen LogP contribution in [0.5, 0.6) is 0 Å².